The van der Waals surface area contributed by atoms with Crippen LogP contribution >= 0.6 is 11.3 Å². The van der Waals surface area contributed by atoms with Crippen LogP contribution in [0.2, 0.25) is 0 Å². The fraction of sp³-hybridized carbons (Fsp3) is 0. The number of non-ortho nitro benzene ring substituents is 1. The Kier molecular flexibility index (Phi) is 6.43. The Balaban J connectivity index is 1.96. The number of nitriles is 1. The van der Waals surface area contributed by atoms with E-state index in [0.717, 1.165) is 11.3 Å². The average Bonchev–Trinajstić information content (AvgIpc) is 3.16. The first-order chi connectivity index (χ1) is 16.5. The Hall–Kier alpha value is -4.81. The molecule has 0 radical (unpaired) electrons. The van der Waals surface area contributed by atoms with Crippen LogP contribution in [0.25, 0.3) is 17.3 Å². The normalized spacial score (nSPS) is 12.0. The first-order valence-corrected chi connectivity index (χ1v) is 10.8. The van der Waals surface area contributed by atoms with E-state index in [1.165, 1.54) is 28.8 Å². The van der Waals surface area contributed by atoms with Gasteiger partial charge in [0.05, 0.1) is 15.1 Å². The van der Waals surface area contributed by atoms with E-state index in [1.807, 2.05) is 6.07 Å². The third-order valence-corrected chi connectivity index (χ3v) is 5.89. The number of nitrogens with zero attached hydrogens (tertiary/aromatic N) is 3. The molecule has 0 spiro atoms. The number of nitro groups is 1. The number of carbonyl (C=O) groups excluding carboxylic acids is 1. The van der Waals surface area contributed by atoms with Gasteiger partial charge in [0.2, 0.25) is 0 Å². The van der Waals surface area contributed by atoms with Gasteiger partial charge in [-0.25, -0.2) is 0 Å². The fourth-order valence-electron chi connectivity index (χ4n) is 3.25. The minimum absolute atomic E-state index is 0.111. The molecule has 4 aromatic rings. The summed E-state index contributed by atoms with van der Waals surface area (Å²) in [6, 6.07) is 25.1. The fourth-order valence-corrected chi connectivity index (χ4v) is 4.35. The zero-order chi connectivity index (χ0) is 24.1. The summed E-state index contributed by atoms with van der Waals surface area (Å²) in [5.41, 5.74) is 0.657. The molecule has 0 aliphatic rings. The van der Waals surface area contributed by atoms with Gasteiger partial charge < -0.3 is 5.32 Å². The van der Waals surface area contributed by atoms with Crippen LogP contribution in [0.1, 0.15) is 5.56 Å². The molecule has 3 aromatic carbocycles. The molecule has 8 nitrogen and oxygen atoms in total. The maximum absolute atomic E-state index is 13.4. The van der Waals surface area contributed by atoms with Crippen molar-refractivity contribution in [2.75, 3.05) is 5.32 Å². The molecular formula is C25H16N4O4S. The van der Waals surface area contributed by atoms with Gasteiger partial charge in [-0.3, -0.25) is 24.3 Å². The standard InChI is InChI=1S/C25H16N4O4S/c26-16-21(23(30)27-18-9-3-1-4-10-18)25-28(19-11-5-2-6-12-19)24(31)22(34-25)15-17-8-7-13-20(14-17)29(32)33/h1-15H,(H,27,30)/b22-15+,25-21+. The molecule has 1 aromatic heterocycles. The first-order valence-electron chi connectivity index (χ1n) is 10.0. The lowest BCUT2D eigenvalue weighted by molar-refractivity contribution is -0.384. The van der Waals surface area contributed by atoms with Crippen LogP contribution in [0.3, 0.4) is 0 Å². The Morgan fingerprint density at radius 3 is 2.35 bits per heavy atom. The van der Waals surface area contributed by atoms with Crippen LogP contribution in [-0.4, -0.2) is 15.4 Å². The Morgan fingerprint density at radius 2 is 1.71 bits per heavy atom. The number of aromatic nitrogens is 1. The molecule has 9 heteroatoms. The molecule has 0 unspecified atom stereocenters. The topological polar surface area (TPSA) is 118 Å². The van der Waals surface area contributed by atoms with Crippen LogP contribution in [0, 0.1) is 21.4 Å². The number of hydrogen-bond acceptors (Lipinski definition) is 6. The predicted molar refractivity (Wildman–Crippen MR) is 130 cm³/mol. The third kappa shape index (κ3) is 4.67. The lowest BCUT2D eigenvalue weighted by atomic mass is 10.2. The van der Waals surface area contributed by atoms with Crippen molar-refractivity contribution in [2.45, 2.75) is 0 Å². The number of amides is 1. The van der Waals surface area contributed by atoms with Crippen molar-refractivity contribution < 1.29 is 9.72 Å². The van der Waals surface area contributed by atoms with Crippen molar-refractivity contribution >= 4 is 40.3 Å². The number of anilines is 1. The van der Waals surface area contributed by atoms with E-state index in [0.29, 0.717) is 16.9 Å². The average molecular weight is 468 g/mol. The molecule has 34 heavy (non-hydrogen) atoms. The van der Waals surface area contributed by atoms with Crippen molar-refractivity contribution in [1.29, 1.82) is 5.26 Å². The summed E-state index contributed by atoms with van der Waals surface area (Å²) in [6.07, 6.45) is 1.51. The summed E-state index contributed by atoms with van der Waals surface area (Å²) in [5.74, 6) is -0.651. The molecule has 0 bridgehead atoms. The van der Waals surface area contributed by atoms with Crippen LogP contribution in [0.5, 0.6) is 0 Å². The minimum Gasteiger partial charge on any atom is -0.321 e. The van der Waals surface area contributed by atoms with Gasteiger partial charge in [0.25, 0.3) is 17.2 Å². The summed E-state index contributed by atoms with van der Waals surface area (Å²) in [4.78, 5) is 36.9. The van der Waals surface area contributed by atoms with Gasteiger partial charge in [0, 0.05) is 17.8 Å². The number of nitrogens with one attached hydrogen (secondary N) is 1. The second kappa shape index (κ2) is 9.77. The molecule has 0 aliphatic carbocycles. The molecular weight excluding hydrogens is 452 g/mol. The number of carbonyl (C=O) groups is 1. The SMILES string of the molecule is N#C/C(C(=O)Nc1ccccc1)=c1\s/c(=C/c2cccc([N+](=O)[O-])c2)c(=O)n1-c1ccccc1. The maximum Gasteiger partial charge on any atom is 0.273 e. The Morgan fingerprint density at radius 1 is 1.03 bits per heavy atom. The molecule has 0 atom stereocenters. The van der Waals surface area contributed by atoms with Crippen molar-refractivity contribution in [2.24, 2.45) is 0 Å². The molecule has 1 N–H and O–H groups in total. The van der Waals surface area contributed by atoms with Crippen LogP contribution < -0.4 is 20.1 Å². The molecule has 1 heterocycles. The molecule has 0 saturated carbocycles. The molecule has 0 aliphatic heterocycles. The molecule has 4 rings (SSSR count). The predicted octanol–water partition coefficient (Wildman–Crippen LogP) is 2.95. The number of nitro benzene ring substituents is 1. The summed E-state index contributed by atoms with van der Waals surface area (Å²) in [7, 11) is 0. The highest BCUT2D eigenvalue weighted by Gasteiger charge is 2.17. The van der Waals surface area contributed by atoms with Gasteiger partial charge >= 0.3 is 0 Å². The van der Waals surface area contributed by atoms with Gasteiger partial charge in [0.1, 0.15) is 10.7 Å². The van der Waals surface area contributed by atoms with Crippen molar-refractivity contribution in [3.63, 3.8) is 0 Å². The monoisotopic (exact) mass is 468 g/mol. The quantitative estimate of drug-likeness (QED) is 0.357. The van der Waals surface area contributed by atoms with Crippen molar-refractivity contribution in [3.05, 3.63) is 120 Å². The number of benzene rings is 3. The Labute approximate surface area is 197 Å². The van der Waals surface area contributed by atoms with Crippen LogP contribution in [0.4, 0.5) is 11.4 Å². The first kappa shape index (κ1) is 22.4. The summed E-state index contributed by atoms with van der Waals surface area (Å²) < 4.78 is 1.68. The second-order valence-corrected chi connectivity index (χ2v) is 8.08. The van der Waals surface area contributed by atoms with E-state index in [4.69, 9.17) is 0 Å². The summed E-state index contributed by atoms with van der Waals surface area (Å²) in [6.45, 7) is 0. The third-order valence-electron chi connectivity index (χ3n) is 4.80. The van der Waals surface area contributed by atoms with E-state index in [9.17, 15) is 25.0 Å². The lowest BCUT2D eigenvalue weighted by Crippen LogP contribution is -2.32. The van der Waals surface area contributed by atoms with E-state index in [2.05, 4.69) is 5.32 Å². The van der Waals surface area contributed by atoms with E-state index < -0.39 is 16.4 Å². The Bertz CT molecular complexity index is 1600. The van der Waals surface area contributed by atoms with Crippen LogP contribution in [0.15, 0.2) is 89.7 Å². The number of hydrogen-bond donors (Lipinski definition) is 1. The van der Waals surface area contributed by atoms with E-state index in [1.54, 1.807) is 66.7 Å². The number of para-hydroxylation sites is 2. The molecule has 0 fully saturated rings. The smallest absolute Gasteiger partial charge is 0.273 e. The number of thiazole rings is 1. The van der Waals surface area contributed by atoms with Crippen molar-refractivity contribution in [3.8, 4) is 11.8 Å². The van der Waals surface area contributed by atoms with Crippen molar-refractivity contribution in [1.82, 2.24) is 4.57 Å². The maximum atomic E-state index is 13.4. The summed E-state index contributed by atoms with van der Waals surface area (Å²) >= 11 is 0.966. The summed E-state index contributed by atoms with van der Waals surface area (Å²) in [5, 5.41) is 23.6. The van der Waals surface area contributed by atoms with Gasteiger partial charge in [-0.1, -0.05) is 48.5 Å². The minimum atomic E-state index is -0.651. The van der Waals surface area contributed by atoms with Gasteiger partial charge in [-0.15, -0.1) is 11.3 Å². The van der Waals surface area contributed by atoms with Gasteiger partial charge in [0.15, 0.2) is 5.57 Å². The van der Waals surface area contributed by atoms with Gasteiger partial charge in [-0.05, 0) is 35.9 Å². The highest BCUT2D eigenvalue weighted by molar-refractivity contribution is 7.07. The van der Waals surface area contributed by atoms with Gasteiger partial charge in [-0.2, -0.15) is 5.26 Å². The second-order valence-electron chi connectivity index (χ2n) is 7.05. The zero-order valence-corrected chi connectivity index (χ0v) is 18.4. The zero-order valence-electron chi connectivity index (χ0n) is 17.5. The number of rotatable bonds is 5. The van der Waals surface area contributed by atoms with E-state index in [-0.39, 0.29) is 20.5 Å². The largest absolute Gasteiger partial charge is 0.321 e. The highest BCUT2D eigenvalue weighted by atomic mass is 32.1. The van der Waals surface area contributed by atoms with E-state index >= 15 is 0 Å². The highest BCUT2D eigenvalue weighted by Crippen LogP contribution is 2.13. The lowest BCUT2D eigenvalue weighted by Gasteiger charge is -2.05. The molecule has 166 valence electrons. The molecule has 1 amide bonds. The van der Waals surface area contributed by atoms with Crippen LogP contribution in [-0.2, 0) is 4.79 Å². The molecule has 0 saturated heterocycles.